The maximum Gasteiger partial charge on any atom is 0.306 e. The second-order valence-electron chi connectivity index (χ2n) is 20.6. The number of fused-ring (bicyclic) bond motifs is 6. The van der Waals surface area contributed by atoms with Crippen LogP contribution in [-0.4, -0.2) is 119 Å². The smallest absolute Gasteiger partial charge is 0.306 e. The number of rotatable bonds is 30. The minimum absolute atomic E-state index is 0.00316. The Balaban J connectivity index is 1.16. The average Bonchev–Trinajstić information content (AvgIpc) is 4.20. The summed E-state index contributed by atoms with van der Waals surface area (Å²) in [7, 11) is 2.76. The Morgan fingerprint density at radius 2 is 1.49 bits per heavy atom. The molecule has 0 saturated carbocycles. The van der Waals surface area contributed by atoms with Gasteiger partial charge in [-0.3, -0.25) is 29.2 Å². The fraction of sp³-hybridized carbons (Fsp3) is 0.600. The third kappa shape index (κ3) is 17.0. The molecule has 3 aliphatic rings. The zero-order valence-corrected chi connectivity index (χ0v) is 49.3. The number of ether oxygens (including phenoxy) is 6. The minimum Gasteiger partial charge on any atom is -0.469 e. The molecule has 2 amide bonds. The van der Waals surface area contributed by atoms with Gasteiger partial charge < -0.3 is 49.0 Å². The van der Waals surface area contributed by atoms with Crippen LogP contribution in [0.3, 0.4) is 0 Å². The molecule has 0 fully saturated rings. The number of allylic oxidation sites excluding steroid dienone is 3. The van der Waals surface area contributed by atoms with Crippen molar-refractivity contribution in [3.63, 3.8) is 0 Å². The lowest BCUT2D eigenvalue weighted by Gasteiger charge is -2.24. The molecule has 0 saturated heterocycles. The molecule has 8 bridgehead atoms. The van der Waals surface area contributed by atoms with Crippen LogP contribution < -0.4 is 10.6 Å². The second kappa shape index (κ2) is 31.0. The number of unbranched alkanes of at least 4 members (excludes halogenated alkanes) is 3. The highest BCUT2D eigenvalue weighted by Crippen LogP contribution is 2.44. The number of hydrogen-bond acceptors (Lipinski definition) is 12. The molecule has 77 heavy (non-hydrogen) atoms. The third-order valence-electron chi connectivity index (χ3n) is 15.3. The summed E-state index contributed by atoms with van der Waals surface area (Å²) in [6.45, 7) is 19.1. The number of esters is 2. The van der Waals surface area contributed by atoms with Crippen molar-refractivity contribution in [1.82, 2.24) is 20.6 Å². The van der Waals surface area contributed by atoms with E-state index in [4.69, 9.17) is 38.4 Å². The maximum absolute atomic E-state index is 14.7. The molecule has 5 heterocycles. The summed E-state index contributed by atoms with van der Waals surface area (Å²) in [5.41, 5.74) is 12.7. The van der Waals surface area contributed by atoms with E-state index >= 15 is 0 Å². The van der Waals surface area contributed by atoms with E-state index in [1.807, 2.05) is 31.2 Å². The molecule has 0 radical (unpaired) electrons. The normalized spacial score (nSPS) is 18.4. The molecule has 3 aliphatic heterocycles. The molecule has 0 spiro atoms. The molecule has 17 heteroatoms. The number of nitrogens with zero attached hydrogens (tertiary/aromatic N) is 2. The predicted molar refractivity (Wildman–Crippen MR) is 309 cm³/mol. The number of benzene rings is 1. The van der Waals surface area contributed by atoms with Crippen molar-refractivity contribution in [2.45, 2.75) is 144 Å². The number of H-pyrrole nitrogens is 2. The zero-order valence-electron chi connectivity index (χ0n) is 47.2. The molecule has 2 aromatic heterocycles. The number of carbonyl (C=O) groups excluding carboxylic acids is 4. The molecule has 4 N–H and O–H groups in total. The van der Waals surface area contributed by atoms with E-state index in [1.54, 1.807) is 0 Å². The molecule has 422 valence electrons. The monoisotopic (exact) mass is 1180 g/mol. The van der Waals surface area contributed by atoms with Crippen molar-refractivity contribution in [1.29, 1.82) is 0 Å². The highest BCUT2D eigenvalue weighted by atomic mass is 127. The van der Waals surface area contributed by atoms with Crippen LogP contribution in [0.1, 0.15) is 166 Å². The Labute approximate surface area is 470 Å². The Bertz CT molecular complexity index is 2610. The summed E-state index contributed by atoms with van der Waals surface area (Å²) in [4.78, 5) is 71.7. The van der Waals surface area contributed by atoms with Crippen LogP contribution in [0.15, 0.2) is 51.2 Å². The number of hydrogen-bond donors (Lipinski definition) is 4. The van der Waals surface area contributed by atoms with E-state index < -0.39 is 11.9 Å². The first-order valence-corrected chi connectivity index (χ1v) is 29.0. The zero-order chi connectivity index (χ0) is 55.4. The number of methoxy groups -OCH3 is 2. The number of carbonyl (C=O) groups is 4. The molecule has 5 atom stereocenters. The Hall–Kier alpha value is -4.95. The van der Waals surface area contributed by atoms with Crippen molar-refractivity contribution in [2.75, 3.05) is 73.6 Å². The van der Waals surface area contributed by atoms with Crippen molar-refractivity contribution >= 4 is 63.8 Å². The van der Waals surface area contributed by atoms with Gasteiger partial charge >= 0.3 is 11.9 Å². The summed E-state index contributed by atoms with van der Waals surface area (Å²) in [6.07, 6.45) is 10.5. The van der Waals surface area contributed by atoms with Gasteiger partial charge in [0.25, 0.3) is 5.91 Å². The first kappa shape index (κ1) is 61.3. The van der Waals surface area contributed by atoms with Gasteiger partial charge in [0.05, 0.1) is 65.2 Å². The molecular weight excluding hydrogens is 1090 g/mol. The number of amides is 2. The van der Waals surface area contributed by atoms with E-state index in [-0.39, 0.29) is 54.5 Å². The molecule has 3 aromatic rings. The lowest BCUT2D eigenvalue weighted by molar-refractivity contribution is -0.141. The number of nitrogens with one attached hydrogen (secondary N) is 4. The fourth-order valence-corrected chi connectivity index (χ4v) is 11.6. The van der Waals surface area contributed by atoms with Crippen LogP contribution in [0.25, 0.3) is 6.08 Å². The number of aliphatic imine (C=N–C) groups is 2. The van der Waals surface area contributed by atoms with Gasteiger partial charge in [0.2, 0.25) is 5.91 Å². The Morgan fingerprint density at radius 3 is 2.17 bits per heavy atom. The van der Waals surface area contributed by atoms with Crippen LogP contribution >= 0.6 is 22.6 Å². The van der Waals surface area contributed by atoms with Gasteiger partial charge in [-0.1, -0.05) is 52.2 Å². The van der Waals surface area contributed by atoms with Crippen LogP contribution in [0.4, 0.5) is 0 Å². The quantitative estimate of drug-likeness (QED) is 0.0282. The van der Waals surface area contributed by atoms with Gasteiger partial charge in [-0.05, 0) is 123 Å². The van der Waals surface area contributed by atoms with Crippen molar-refractivity contribution in [3.05, 3.63) is 95.4 Å². The van der Waals surface area contributed by atoms with Gasteiger partial charge in [-0.15, -0.1) is 0 Å². The third-order valence-corrected chi connectivity index (χ3v) is 16.0. The molecule has 0 aliphatic carbocycles. The molecule has 6 rings (SSSR count). The van der Waals surface area contributed by atoms with E-state index in [9.17, 15) is 19.2 Å². The van der Waals surface area contributed by atoms with Crippen LogP contribution in [0.2, 0.25) is 0 Å². The minimum atomic E-state index is -0.685. The number of aromatic nitrogens is 2. The van der Waals surface area contributed by atoms with Gasteiger partial charge in [0.1, 0.15) is 0 Å². The van der Waals surface area contributed by atoms with E-state index in [0.717, 1.165) is 85.7 Å². The van der Waals surface area contributed by atoms with Gasteiger partial charge in [-0.25, -0.2) is 0 Å². The van der Waals surface area contributed by atoms with Gasteiger partial charge in [-0.2, -0.15) is 0 Å². The largest absolute Gasteiger partial charge is 0.469 e. The second-order valence-corrected chi connectivity index (χ2v) is 21.8. The summed E-state index contributed by atoms with van der Waals surface area (Å²) in [5, 5.41) is 6.10. The topological polar surface area (TPSA) is 204 Å². The average molecular weight is 1180 g/mol. The molecule has 16 nitrogen and oxygen atoms in total. The molecular formula is C60H85IN6O10. The summed E-state index contributed by atoms with van der Waals surface area (Å²) in [6, 6.07) is 7.92. The lowest BCUT2D eigenvalue weighted by Crippen LogP contribution is -2.30. The van der Waals surface area contributed by atoms with Gasteiger partial charge in [0.15, 0.2) is 0 Å². The number of halogens is 1. The summed E-state index contributed by atoms with van der Waals surface area (Å²) in [5.74, 6) is -2.04. The van der Waals surface area contributed by atoms with E-state index in [0.29, 0.717) is 115 Å². The first-order valence-electron chi connectivity index (χ1n) is 28.0. The standard InChI is InChI=1S/C60H85IN6O10/c1-10-12-13-14-26-77-41(7)56-39(5)49-34-48-38(4)45(20-21-54(69)72-8)58(66-48)46(33-55(70)73-9)59-57(40(6)50(67-59)35-51-44(11-2)37(3)47(64-51)36-52(56)65-49)60(71)63-23-17-25-75-28-30-76-29-27-74-24-16-22-62-53(68)32-42-18-15-19-43(61)31-42/h15,18-19,31,34,38,41,44-46,65,67H,10-14,16-17,20-30,32-33,35-36H2,1-9H3,(H,62,68)(H,63,71)/t38-,41?,44?,45-,46?/m0/s1. The van der Waals surface area contributed by atoms with Crippen LogP contribution in [-0.2, 0) is 62.1 Å². The van der Waals surface area contributed by atoms with E-state index in [1.165, 1.54) is 26.2 Å². The van der Waals surface area contributed by atoms with Gasteiger partial charge in [0, 0.05) is 131 Å². The predicted octanol–water partition coefficient (Wildman–Crippen LogP) is 10.3. The first-order chi connectivity index (χ1) is 37.2. The Kier molecular flexibility index (Phi) is 24.7. The number of aromatic amines is 2. The van der Waals surface area contributed by atoms with E-state index in [2.05, 4.69) is 90.8 Å². The van der Waals surface area contributed by atoms with Crippen LogP contribution in [0.5, 0.6) is 0 Å². The Morgan fingerprint density at radius 1 is 0.792 bits per heavy atom. The van der Waals surface area contributed by atoms with Crippen LogP contribution in [0, 0.1) is 35.2 Å². The SMILES string of the molecule is CCCCCCOC(C)c1c2[nH]c(c1C)C=C1N=C(C(CC(=O)OC)c3[nH]c(c(C)c3C(=O)NCCCOCCOCCOCCCNC(=O)Cc3cccc(I)c3)CC3=NC(=C(C)C3CC)C2)[C@@H](CCC(=O)OC)[C@@H]1C. The summed E-state index contributed by atoms with van der Waals surface area (Å²) >= 11 is 2.24. The molecule has 3 unspecified atom stereocenters. The highest BCUT2D eigenvalue weighted by molar-refractivity contribution is 14.1. The van der Waals surface area contributed by atoms with Crippen molar-refractivity contribution in [2.24, 2.45) is 27.7 Å². The highest BCUT2D eigenvalue weighted by Gasteiger charge is 2.41. The fourth-order valence-electron chi connectivity index (χ4n) is 11.0. The molecule has 1 aromatic carbocycles. The summed E-state index contributed by atoms with van der Waals surface area (Å²) < 4.78 is 35.4. The lowest BCUT2D eigenvalue weighted by atomic mass is 9.79. The van der Waals surface area contributed by atoms with Crippen molar-refractivity contribution < 1.29 is 47.6 Å². The maximum atomic E-state index is 14.7. The van der Waals surface area contributed by atoms with Crippen molar-refractivity contribution in [3.8, 4) is 0 Å².